The van der Waals surface area contributed by atoms with Gasteiger partial charge in [-0.3, -0.25) is 9.78 Å². The first-order valence-electron chi connectivity index (χ1n) is 9.80. The number of carbonyl (C=O) groups excluding carboxylic acids is 1. The molecule has 0 radical (unpaired) electrons. The molecule has 2 fully saturated rings. The van der Waals surface area contributed by atoms with Gasteiger partial charge in [0, 0.05) is 37.6 Å². The molecular weight excluding hydrogens is 471 g/mol. The zero-order chi connectivity index (χ0) is 23.1. The molecule has 1 spiro atoms. The van der Waals surface area contributed by atoms with Gasteiger partial charge in [0.25, 0.3) is 0 Å². The van der Waals surface area contributed by atoms with Crippen molar-refractivity contribution in [2.24, 2.45) is 5.41 Å². The number of aromatic nitrogens is 1. The molecule has 0 saturated carbocycles. The molecule has 3 heterocycles. The summed E-state index contributed by atoms with van der Waals surface area (Å²) >= 11 is 6.45. The molecule has 0 unspecified atom stereocenters. The second-order valence-electron chi connectivity index (χ2n) is 7.80. The zero-order valence-electron chi connectivity index (χ0n) is 16.7. The van der Waals surface area contributed by atoms with Crippen LogP contribution >= 0.6 is 11.6 Å². The van der Waals surface area contributed by atoms with Crippen LogP contribution in [-0.4, -0.2) is 44.5 Å². The van der Waals surface area contributed by atoms with Crippen LogP contribution < -0.4 is 14.4 Å². The number of rotatable bonds is 4. The minimum Gasteiger partial charge on any atom is -0.376 e. The Morgan fingerprint density at radius 2 is 1.75 bits per heavy atom. The number of hydrogen-bond donors (Lipinski definition) is 1. The van der Waals surface area contributed by atoms with Crippen molar-refractivity contribution in [3.05, 3.63) is 41.7 Å². The van der Waals surface area contributed by atoms with Crippen LogP contribution in [0.25, 0.3) is 11.1 Å². The van der Waals surface area contributed by atoms with Gasteiger partial charge < -0.3 is 14.4 Å². The van der Waals surface area contributed by atoms with E-state index in [9.17, 15) is 26.4 Å². The Labute approximate surface area is 187 Å². The minimum atomic E-state index is -5.75. The van der Waals surface area contributed by atoms with Gasteiger partial charge in [0.1, 0.15) is 5.75 Å². The van der Waals surface area contributed by atoms with Crippen LogP contribution in [-0.2, 0) is 14.9 Å². The van der Waals surface area contributed by atoms with Crippen molar-refractivity contribution in [1.82, 2.24) is 10.3 Å². The SMILES string of the molecule is O=C1NCCC12CCN(c1c(Cl)cncc1-c1ccc(OS(=O)(=O)C(F)(F)F)cc1)CC2. The molecule has 0 bridgehead atoms. The molecule has 12 heteroatoms. The Kier molecular flexibility index (Phi) is 5.74. The van der Waals surface area contributed by atoms with Crippen LogP contribution in [0.1, 0.15) is 19.3 Å². The summed E-state index contributed by atoms with van der Waals surface area (Å²) in [6.45, 7) is 1.89. The molecule has 32 heavy (non-hydrogen) atoms. The monoisotopic (exact) mass is 489 g/mol. The van der Waals surface area contributed by atoms with E-state index in [0.717, 1.165) is 18.6 Å². The van der Waals surface area contributed by atoms with E-state index in [1.54, 1.807) is 6.20 Å². The largest absolute Gasteiger partial charge is 0.534 e. The van der Waals surface area contributed by atoms with Crippen LogP contribution in [0.15, 0.2) is 36.7 Å². The third-order valence-corrected chi connectivity index (χ3v) is 7.19. The number of pyridine rings is 1. The summed E-state index contributed by atoms with van der Waals surface area (Å²) in [4.78, 5) is 18.4. The fourth-order valence-corrected chi connectivity index (χ4v) is 4.91. The summed E-state index contributed by atoms with van der Waals surface area (Å²) in [5.74, 6) is -0.377. The van der Waals surface area contributed by atoms with Crippen molar-refractivity contribution >= 4 is 33.3 Å². The average Bonchev–Trinajstić information content (AvgIpc) is 3.08. The summed E-state index contributed by atoms with van der Waals surface area (Å²) in [5.41, 5.74) is -3.96. The molecular formula is C20H19ClF3N3O4S. The average molecular weight is 490 g/mol. The van der Waals surface area contributed by atoms with Gasteiger partial charge in [0.2, 0.25) is 5.91 Å². The molecule has 7 nitrogen and oxygen atoms in total. The van der Waals surface area contributed by atoms with Crippen molar-refractivity contribution in [2.75, 3.05) is 24.5 Å². The third-order valence-electron chi connectivity index (χ3n) is 5.94. The molecule has 2 aliphatic heterocycles. The number of halogens is 4. The van der Waals surface area contributed by atoms with Gasteiger partial charge in [-0.05, 0) is 37.0 Å². The highest BCUT2D eigenvalue weighted by Gasteiger charge is 2.48. The normalized spacial score (nSPS) is 18.6. The number of benzene rings is 1. The Bertz CT molecular complexity index is 1130. The Hall–Kier alpha value is -2.53. The lowest BCUT2D eigenvalue weighted by molar-refractivity contribution is -0.128. The summed E-state index contributed by atoms with van der Waals surface area (Å²) in [6, 6.07) is 5.15. The topological polar surface area (TPSA) is 88.6 Å². The van der Waals surface area contributed by atoms with Crippen LogP contribution in [0.5, 0.6) is 5.75 Å². The van der Waals surface area contributed by atoms with Gasteiger partial charge in [0.15, 0.2) is 0 Å². The molecule has 1 aromatic heterocycles. The first-order valence-corrected chi connectivity index (χ1v) is 11.6. The van der Waals surface area contributed by atoms with Crippen LogP contribution in [0, 0.1) is 5.41 Å². The third kappa shape index (κ3) is 4.11. The predicted molar refractivity (Wildman–Crippen MR) is 112 cm³/mol. The lowest BCUT2D eigenvalue weighted by Crippen LogP contribution is -2.44. The number of nitrogens with zero attached hydrogens (tertiary/aromatic N) is 2. The molecule has 172 valence electrons. The predicted octanol–water partition coefficient (Wildman–Crippen LogP) is 3.74. The van der Waals surface area contributed by atoms with Crippen molar-refractivity contribution in [1.29, 1.82) is 0 Å². The maximum Gasteiger partial charge on any atom is 0.534 e. The molecule has 4 rings (SSSR count). The molecule has 2 aromatic rings. The van der Waals surface area contributed by atoms with Gasteiger partial charge in [-0.15, -0.1) is 0 Å². The van der Waals surface area contributed by atoms with Crippen molar-refractivity contribution in [3.8, 4) is 16.9 Å². The van der Waals surface area contributed by atoms with Gasteiger partial charge >= 0.3 is 15.6 Å². The molecule has 0 aliphatic carbocycles. The summed E-state index contributed by atoms with van der Waals surface area (Å²) in [7, 11) is -5.75. The summed E-state index contributed by atoms with van der Waals surface area (Å²) < 4.78 is 64.2. The second kappa shape index (κ2) is 8.11. The van der Waals surface area contributed by atoms with E-state index in [1.165, 1.54) is 18.3 Å². The second-order valence-corrected chi connectivity index (χ2v) is 9.74. The van der Waals surface area contributed by atoms with E-state index >= 15 is 0 Å². The number of hydrogen-bond acceptors (Lipinski definition) is 6. The van der Waals surface area contributed by atoms with Gasteiger partial charge in [-0.1, -0.05) is 23.7 Å². The molecule has 1 amide bonds. The van der Waals surface area contributed by atoms with Crippen molar-refractivity contribution in [3.63, 3.8) is 0 Å². The van der Waals surface area contributed by atoms with Crippen LogP contribution in [0.2, 0.25) is 5.02 Å². The Morgan fingerprint density at radius 3 is 2.31 bits per heavy atom. The Balaban J connectivity index is 1.58. The molecule has 1 N–H and O–H groups in total. The maximum absolute atomic E-state index is 12.5. The number of nitrogens with one attached hydrogen (secondary N) is 1. The van der Waals surface area contributed by atoms with E-state index in [4.69, 9.17) is 11.6 Å². The van der Waals surface area contributed by atoms with Gasteiger partial charge in [-0.25, -0.2) is 0 Å². The standard InChI is InChI=1S/C20H19ClF3N3O4S/c21-16-12-25-11-15(13-1-3-14(4-2-13)31-32(29,30)20(22,23)24)17(16)27-9-6-19(7-10-27)5-8-26-18(19)28/h1-4,11-12H,5-10H2,(H,26,28). The molecule has 1 aromatic carbocycles. The van der Waals surface area contributed by atoms with E-state index in [1.807, 2.05) is 0 Å². The molecule has 2 saturated heterocycles. The first kappa shape index (κ1) is 22.7. The number of piperidine rings is 1. The molecule has 0 atom stereocenters. The number of carbonyl (C=O) groups is 1. The van der Waals surface area contributed by atoms with E-state index in [-0.39, 0.29) is 11.3 Å². The minimum absolute atomic E-state index is 0.0857. The van der Waals surface area contributed by atoms with Crippen LogP contribution in [0.3, 0.4) is 0 Å². The van der Waals surface area contributed by atoms with Crippen molar-refractivity contribution < 1.29 is 30.6 Å². The maximum atomic E-state index is 12.5. The lowest BCUT2D eigenvalue weighted by atomic mass is 9.77. The summed E-state index contributed by atoms with van der Waals surface area (Å²) in [5, 5.41) is 3.29. The number of amides is 1. The smallest absolute Gasteiger partial charge is 0.376 e. The van der Waals surface area contributed by atoms with Crippen molar-refractivity contribution in [2.45, 2.75) is 24.8 Å². The fraction of sp³-hybridized carbons (Fsp3) is 0.400. The Morgan fingerprint density at radius 1 is 1.09 bits per heavy atom. The fourth-order valence-electron chi connectivity index (χ4n) is 4.18. The zero-order valence-corrected chi connectivity index (χ0v) is 18.2. The summed E-state index contributed by atoms with van der Waals surface area (Å²) in [6.07, 6.45) is 5.24. The highest BCUT2D eigenvalue weighted by atomic mass is 35.5. The van der Waals surface area contributed by atoms with Gasteiger partial charge in [0.05, 0.1) is 16.1 Å². The van der Waals surface area contributed by atoms with Gasteiger partial charge in [-0.2, -0.15) is 21.6 Å². The first-order chi connectivity index (χ1) is 15.0. The highest BCUT2D eigenvalue weighted by Crippen LogP contribution is 2.43. The number of alkyl halides is 3. The number of anilines is 1. The molecule has 2 aliphatic rings. The van der Waals surface area contributed by atoms with E-state index in [2.05, 4.69) is 19.4 Å². The highest BCUT2D eigenvalue weighted by molar-refractivity contribution is 7.88. The van der Waals surface area contributed by atoms with Crippen LogP contribution in [0.4, 0.5) is 18.9 Å². The van der Waals surface area contributed by atoms with E-state index in [0.29, 0.717) is 54.3 Å². The lowest BCUT2D eigenvalue weighted by Gasteiger charge is -2.39. The van der Waals surface area contributed by atoms with E-state index < -0.39 is 21.4 Å². The quantitative estimate of drug-likeness (QED) is 0.520.